The average Bonchev–Trinajstić information content (AvgIpc) is 3.17. The Morgan fingerprint density at radius 2 is 0.967 bits per heavy atom. The first-order valence-electron chi connectivity index (χ1n) is 18.5. The molecule has 1 rings (SSSR count). The average molecular weight is 861 g/mol. The van der Waals surface area contributed by atoms with Crippen LogP contribution in [0.15, 0.2) is 73.6 Å². The summed E-state index contributed by atoms with van der Waals surface area (Å²) in [6.45, 7) is 33.7. The molecule has 1 aliphatic carbocycles. The summed E-state index contributed by atoms with van der Waals surface area (Å²) < 4.78 is 32.4. The number of carbonyl (C=O) groups excluding carboxylic acids is 6. The molecule has 0 aromatic carbocycles. The zero-order valence-corrected chi connectivity index (χ0v) is 36.5. The van der Waals surface area contributed by atoms with Crippen molar-refractivity contribution in [2.75, 3.05) is 52.9 Å². The second-order valence-corrected chi connectivity index (χ2v) is 14.0. The maximum absolute atomic E-state index is 11.4. The van der Waals surface area contributed by atoms with E-state index in [9.17, 15) is 33.9 Å². The second-order valence-electron chi connectivity index (χ2n) is 14.0. The maximum atomic E-state index is 11.4. The highest BCUT2D eigenvalue weighted by molar-refractivity contribution is 5.88. The molecule has 18 nitrogen and oxygen atoms in total. The first-order valence-corrected chi connectivity index (χ1v) is 18.5. The van der Waals surface area contributed by atoms with Crippen molar-refractivity contribution in [3.8, 4) is 0 Å². The lowest BCUT2D eigenvalue weighted by molar-refractivity contribution is -0.155. The first kappa shape index (κ1) is 61.5. The van der Waals surface area contributed by atoms with Crippen molar-refractivity contribution < 1.29 is 87.5 Å². The fourth-order valence-corrected chi connectivity index (χ4v) is 3.60. The number of aliphatic hydroxyl groups excluding tert-OH is 5. The van der Waals surface area contributed by atoms with E-state index in [-0.39, 0.29) is 64.4 Å². The van der Waals surface area contributed by atoms with Crippen LogP contribution in [0.2, 0.25) is 0 Å². The summed E-state index contributed by atoms with van der Waals surface area (Å²) in [5.74, 6) is -1.87. The Bertz CT molecular complexity index is 1380. The van der Waals surface area contributed by atoms with Gasteiger partial charge in [0.1, 0.15) is 45.2 Å². The predicted octanol–water partition coefficient (Wildman–Crippen LogP) is 3.74. The Kier molecular flexibility index (Phi) is 36.7. The Hall–Kier alpha value is -5.14. The molecule has 1 aliphatic rings. The van der Waals surface area contributed by atoms with Crippen molar-refractivity contribution >= 4 is 36.0 Å². The van der Waals surface area contributed by atoms with Gasteiger partial charge < -0.3 is 58.7 Å². The van der Waals surface area contributed by atoms with Crippen LogP contribution in [0.1, 0.15) is 74.7 Å². The van der Waals surface area contributed by atoms with Crippen molar-refractivity contribution in [3.05, 3.63) is 73.6 Å². The van der Waals surface area contributed by atoms with Crippen LogP contribution in [0.25, 0.3) is 0 Å². The van der Waals surface area contributed by atoms with Gasteiger partial charge in [0.05, 0.1) is 32.2 Å². The number of hydrogen-bond donors (Lipinski definition) is 5. The molecule has 3 atom stereocenters. The van der Waals surface area contributed by atoms with Gasteiger partial charge in [-0.15, -0.1) is 0 Å². The molecule has 0 aromatic heterocycles. The molecule has 0 spiro atoms. The molecule has 3 unspecified atom stereocenters. The third-order valence-corrected chi connectivity index (χ3v) is 6.99. The van der Waals surface area contributed by atoms with Gasteiger partial charge in [0.25, 0.3) is 0 Å². The predicted molar refractivity (Wildman–Crippen MR) is 220 cm³/mol. The van der Waals surface area contributed by atoms with Crippen molar-refractivity contribution in [1.82, 2.24) is 0 Å². The van der Waals surface area contributed by atoms with Crippen LogP contribution in [0.4, 0.5) is 4.79 Å². The van der Waals surface area contributed by atoms with E-state index < -0.39 is 48.2 Å². The van der Waals surface area contributed by atoms with E-state index >= 15 is 0 Å². The smallest absolute Gasteiger partial charge is 0.460 e. The van der Waals surface area contributed by atoms with Gasteiger partial charge in [0, 0.05) is 27.9 Å². The maximum Gasteiger partial charge on any atom is 0.513 e. The minimum absolute atomic E-state index is 0.0298. The van der Waals surface area contributed by atoms with Gasteiger partial charge in [0.2, 0.25) is 0 Å². The van der Waals surface area contributed by atoms with Crippen molar-refractivity contribution in [2.24, 2.45) is 11.3 Å². The van der Waals surface area contributed by atoms with Crippen LogP contribution in [0.3, 0.4) is 0 Å². The van der Waals surface area contributed by atoms with E-state index in [4.69, 9.17) is 25.2 Å². The molecule has 344 valence electrons. The third-order valence-electron chi connectivity index (χ3n) is 6.99. The summed E-state index contributed by atoms with van der Waals surface area (Å²) in [7, 11) is 0. The number of carbonyl (C=O) groups is 6. The van der Waals surface area contributed by atoms with Gasteiger partial charge in [-0.05, 0) is 65.2 Å². The standard InChI is InChI=1S/C14H24O3.C10H14O4.C9H12O5.C6H10O3.C3H8O3/c1-9(2)13(16)17-12-7-6-10(8-11(12)15)14(3,4)5;1-7(2)9(11)13-5-6-14-10(12)8(3)4;1-4-12-9(11)14-6-5-13-8(10)7(2)3;1-5(2)6(8)9-4-3-7;4-1-3(6)2-5/h10-12,15H,1,6-8H2,2-5H3;1,3,5-6H2,2,4H3;4H,1-2,5-6H2,3H3;7H,1,3-4H2,2H3;3-6H,1-2H2. The van der Waals surface area contributed by atoms with Gasteiger partial charge >= 0.3 is 36.0 Å². The molecule has 0 saturated heterocycles. The van der Waals surface area contributed by atoms with E-state index in [1.165, 1.54) is 6.92 Å². The van der Waals surface area contributed by atoms with E-state index in [1.807, 2.05) is 0 Å². The molecule has 0 aromatic rings. The fourth-order valence-electron chi connectivity index (χ4n) is 3.60. The third kappa shape index (κ3) is 36.0. The van der Waals surface area contributed by atoms with E-state index in [0.29, 0.717) is 40.2 Å². The molecule has 0 bridgehead atoms. The number of aliphatic hydroxyl groups is 5. The summed E-state index contributed by atoms with van der Waals surface area (Å²) in [5, 5.41) is 42.2. The van der Waals surface area contributed by atoms with Crippen molar-refractivity contribution in [1.29, 1.82) is 0 Å². The van der Waals surface area contributed by atoms with Crippen LogP contribution in [0.5, 0.6) is 0 Å². The van der Waals surface area contributed by atoms with Crippen LogP contribution < -0.4 is 0 Å². The van der Waals surface area contributed by atoms with Crippen LogP contribution in [-0.4, -0.2) is 133 Å². The summed E-state index contributed by atoms with van der Waals surface area (Å²) in [5.41, 5.74) is 1.86. The molecule has 18 heteroatoms. The van der Waals surface area contributed by atoms with Gasteiger partial charge in [0.15, 0.2) is 0 Å². The molecule has 1 fully saturated rings. The highest BCUT2D eigenvalue weighted by Gasteiger charge is 2.36. The summed E-state index contributed by atoms with van der Waals surface area (Å²) in [4.78, 5) is 64.9. The molecular formula is C42H68O18. The number of hydrogen-bond acceptors (Lipinski definition) is 18. The Morgan fingerprint density at radius 3 is 1.23 bits per heavy atom. The van der Waals surface area contributed by atoms with E-state index in [0.717, 1.165) is 19.1 Å². The topological polar surface area (TPSA) is 268 Å². The van der Waals surface area contributed by atoms with Gasteiger partial charge in [-0.3, -0.25) is 0 Å². The zero-order valence-electron chi connectivity index (χ0n) is 36.5. The Morgan fingerprint density at radius 1 is 0.617 bits per heavy atom. The minimum atomic E-state index is -0.954. The summed E-state index contributed by atoms with van der Waals surface area (Å²) in [6.07, 6.45) is 0.641. The lowest BCUT2D eigenvalue weighted by atomic mass is 9.71. The minimum Gasteiger partial charge on any atom is -0.460 e. The zero-order chi connectivity index (χ0) is 47.6. The number of ether oxygens (including phenoxy) is 7. The lowest BCUT2D eigenvalue weighted by Gasteiger charge is -2.39. The molecular weight excluding hydrogens is 792 g/mol. The highest BCUT2D eigenvalue weighted by Crippen LogP contribution is 2.38. The monoisotopic (exact) mass is 860 g/mol. The van der Waals surface area contributed by atoms with Crippen LogP contribution in [-0.2, 0) is 57.1 Å². The Labute approximate surface area is 353 Å². The van der Waals surface area contributed by atoms with Crippen molar-refractivity contribution in [3.63, 3.8) is 0 Å². The van der Waals surface area contributed by atoms with Crippen LogP contribution in [0, 0.1) is 11.3 Å². The van der Waals surface area contributed by atoms with Gasteiger partial charge in [-0.25, -0.2) is 28.8 Å². The highest BCUT2D eigenvalue weighted by atomic mass is 16.7. The molecule has 0 radical (unpaired) electrons. The number of esters is 5. The lowest BCUT2D eigenvalue weighted by Crippen LogP contribution is -2.40. The van der Waals surface area contributed by atoms with Gasteiger partial charge in [-0.2, -0.15) is 0 Å². The molecule has 60 heavy (non-hydrogen) atoms. The second kappa shape index (κ2) is 35.8. The van der Waals surface area contributed by atoms with Gasteiger partial charge in [-0.1, -0.05) is 60.2 Å². The molecule has 0 aliphatic heterocycles. The van der Waals surface area contributed by atoms with E-state index in [2.05, 4.69) is 88.7 Å². The molecule has 0 amide bonds. The molecule has 5 N–H and O–H groups in total. The quantitative estimate of drug-likeness (QED) is 0.0458. The Balaban J connectivity index is -0.000000339. The van der Waals surface area contributed by atoms with Crippen molar-refractivity contribution in [2.45, 2.75) is 93.0 Å². The molecule has 0 heterocycles. The summed E-state index contributed by atoms with van der Waals surface area (Å²) >= 11 is 0. The number of rotatable bonds is 17. The largest absolute Gasteiger partial charge is 0.513 e. The SMILES string of the molecule is C=C(C)C(=O)OC1CCC(C(C)(C)C)CC1O.C=C(C)C(=O)OCCO.C=C(C)C(=O)OCCOC(=O)C(=C)C.C=COC(=O)OCCOC(=O)C(=C)C.OCC(O)CO. The van der Waals surface area contributed by atoms with E-state index in [1.54, 1.807) is 27.7 Å². The molecule has 1 saturated carbocycles. The normalized spacial score (nSPS) is 14.9. The van der Waals surface area contributed by atoms with Crippen LogP contribution >= 0.6 is 0 Å². The fraction of sp³-hybridized carbons (Fsp3) is 0.571. The summed E-state index contributed by atoms with van der Waals surface area (Å²) in [6, 6.07) is 0. The first-order chi connectivity index (χ1) is 27.7.